The van der Waals surface area contributed by atoms with Crippen LogP contribution in [0.5, 0.6) is 0 Å². The van der Waals surface area contributed by atoms with E-state index in [-0.39, 0.29) is 29.5 Å². The van der Waals surface area contributed by atoms with Crippen LogP contribution >= 0.6 is 11.6 Å². The molecule has 0 unspecified atom stereocenters. The van der Waals surface area contributed by atoms with E-state index in [0.29, 0.717) is 5.69 Å². The van der Waals surface area contributed by atoms with Crippen molar-refractivity contribution in [2.45, 2.75) is 13.1 Å². The van der Waals surface area contributed by atoms with E-state index in [1.54, 1.807) is 0 Å². The lowest BCUT2D eigenvalue weighted by atomic mass is 10.2. The molecular weight excluding hydrogens is 300 g/mol. The number of amides is 1. The Labute approximate surface area is 123 Å². The Hall–Kier alpha value is -2.52. The van der Waals surface area contributed by atoms with Crippen LogP contribution in [0.1, 0.15) is 5.69 Å². The van der Waals surface area contributed by atoms with Crippen LogP contribution < -0.4 is 11.1 Å². The van der Waals surface area contributed by atoms with Crippen molar-refractivity contribution in [3.8, 4) is 0 Å². The summed E-state index contributed by atoms with van der Waals surface area (Å²) >= 11 is 5.69. The molecule has 21 heavy (non-hydrogen) atoms. The van der Waals surface area contributed by atoms with E-state index in [1.165, 1.54) is 29.1 Å². The third-order valence-electron chi connectivity index (χ3n) is 2.53. The molecule has 2 aromatic rings. The average Bonchev–Trinajstić information content (AvgIpc) is 2.88. The van der Waals surface area contributed by atoms with Crippen LogP contribution in [0.25, 0.3) is 0 Å². The zero-order valence-electron chi connectivity index (χ0n) is 10.7. The molecule has 0 saturated heterocycles. The number of carbonyl (C=O) groups excluding carboxylic acids is 1. The fourth-order valence-electron chi connectivity index (χ4n) is 1.61. The number of anilines is 1. The van der Waals surface area contributed by atoms with Gasteiger partial charge in [0, 0.05) is 17.6 Å². The maximum atomic E-state index is 11.9. The Morgan fingerprint density at radius 3 is 2.90 bits per heavy atom. The summed E-state index contributed by atoms with van der Waals surface area (Å²) in [7, 11) is 0. The van der Waals surface area contributed by atoms with Crippen LogP contribution in [0, 0.1) is 10.1 Å². The Bertz CT molecular complexity index is 686. The van der Waals surface area contributed by atoms with Crippen molar-refractivity contribution in [3.63, 3.8) is 0 Å². The lowest BCUT2D eigenvalue weighted by molar-refractivity contribution is -0.383. The summed E-state index contributed by atoms with van der Waals surface area (Å²) in [4.78, 5) is 22.1. The smallest absolute Gasteiger partial charge is 0.294 e. The summed E-state index contributed by atoms with van der Waals surface area (Å²) in [6.07, 6.45) is 1.52. The number of benzene rings is 1. The van der Waals surface area contributed by atoms with Gasteiger partial charge < -0.3 is 11.1 Å². The van der Waals surface area contributed by atoms with Crippen molar-refractivity contribution < 1.29 is 9.72 Å². The second-order valence-electron chi connectivity index (χ2n) is 4.08. The highest BCUT2D eigenvalue weighted by Gasteiger charge is 2.16. The molecule has 0 saturated carbocycles. The monoisotopic (exact) mass is 310 g/mol. The first-order chi connectivity index (χ1) is 9.99. The van der Waals surface area contributed by atoms with Crippen molar-refractivity contribution in [2.24, 2.45) is 5.73 Å². The molecule has 0 bridgehead atoms. The third-order valence-corrected chi connectivity index (χ3v) is 2.77. The van der Waals surface area contributed by atoms with Crippen LogP contribution in [-0.2, 0) is 17.9 Å². The van der Waals surface area contributed by atoms with E-state index in [1.807, 2.05) is 0 Å². The molecule has 110 valence electrons. The molecule has 0 aliphatic rings. The molecule has 2 rings (SSSR count). The highest BCUT2D eigenvalue weighted by Crippen LogP contribution is 2.27. The standard InChI is InChI=1S/C11H11ClN6O3/c12-7-1-2-9(10(3-7)18(20)21)14-11(19)6-17-5-8(4-13)15-16-17/h1-3,5H,4,6,13H2,(H,14,19). The first-order valence-electron chi connectivity index (χ1n) is 5.82. The van der Waals surface area contributed by atoms with Crippen LogP contribution in [0.3, 0.4) is 0 Å². The van der Waals surface area contributed by atoms with Crippen molar-refractivity contribution >= 4 is 28.9 Å². The summed E-state index contributed by atoms with van der Waals surface area (Å²) in [6.45, 7) is 0.0804. The molecule has 0 aliphatic carbocycles. The molecule has 9 nitrogen and oxygen atoms in total. The third kappa shape index (κ3) is 3.74. The van der Waals surface area contributed by atoms with Crippen LogP contribution in [0.2, 0.25) is 5.02 Å². The van der Waals surface area contributed by atoms with Gasteiger partial charge >= 0.3 is 0 Å². The minimum atomic E-state index is -0.622. The number of nitro benzene ring substituents is 1. The van der Waals surface area contributed by atoms with Gasteiger partial charge in [0.15, 0.2) is 0 Å². The van der Waals surface area contributed by atoms with E-state index < -0.39 is 10.8 Å². The normalized spacial score (nSPS) is 10.4. The van der Waals surface area contributed by atoms with E-state index in [2.05, 4.69) is 15.6 Å². The van der Waals surface area contributed by atoms with Gasteiger partial charge in [0.05, 0.1) is 16.8 Å². The number of nitro groups is 1. The zero-order valence-corrected chi connectivity index (χ0v) is 11.4. The molecular formula is C11H11ClN6O3. The number of nitrogens with two attached hydrogens (primary N) is 1. The summed E-state index contributed by atoms with van der Waals surface area (Å²) < 4.78 is 1.29. The summed E-state index contributed by atoms with van der Waals surface area (Å²) in [5, 5.41) is 21.0. The lowest BCUT2D eigenvalue weighted by Gasteiger charge is -2.06. The van der Waals surface area contributed by atoms with Crippen molar-refractivity contribution in [3.05, 3.63) is 45.2 Å². The van der Waals surface area contributed by atoms with Crippen molar-refractivity contribution in [2.75, 3.05) is 5.32 Å². The minimum absolute atomic E-state index is 0.0635. The number of nitrogens with zero attached hydrogens (tertiary/aromatic N) is 4. The van der Waals surface area contributed by atoms with Crippen molar-refractivity contribution in [1.29, 1.82) is 0 Å². The topological polar surface area (TPSA) is 129 Å². The fourth-order valence-corrected chi connectivity index (χ4v) is 1.77. The minimum Gasteiger partial charge on any atom is -0.325 e. The first-order valence-corrected chi connectivity index (χ1v) is 6.20. The molecule has 10 heteroatoms. The maximum Gasteiger partial charge on any atom is 0.294 e. The van der Waals surface area contributed by atoms with Gasteiger partial charge in [-0.05, 0) is 12.1 Å². The molecule has 1 amide bonds. The van der Waals surface area contributed by atoms with Crippen molar-refractivity contribution in [1.82, 2.24) is 15.0 Å². The van der Waals surface area contributed by atoms with Crippen LogP contribution in [0.15, 0.2) is 24.4 Å². The number of nitrogens with one attached hydrogen (secondary N) is 1. The van der Waals surface area contributed by atoms with E-state index in [4.69, 9.17) is 17.3 Å². The van der Waals surface area contributed by atoms with Gasteiger partial charge in [-0.1, -0.05) is 16.8 Å². The van der Waals surface area contributed by atoms with Gasteiger partial charge in [0.1, 0.15) is 12.2 Å². The predicted molar refractivity (Wildman–Crippen MR) is 74.6 cm³/mol. The number of rotatable bonds is 5. The van der Waals surface area contributed by atoms with E-state index >= 15 is 0 Å². The molecule has 0 radical (unpaired) electrons. The quantitative estimate of drug-likeness (QED) is 0.624. The summed E-state index contributed by atoms with van der Waals surface area (Å²) in [6, 6.07) is 3.98. The molecule has 1 heterocycles. The zero-order chi connectivity index (χ0) is 15.4. The Kier molecular flexibility index (Phi) is 4.45. The number of halogens is 1. The van der Waals surface area contributed by atoms with Gasteiger partial charge in [0.2, 0.25) is 5.91 Å². The molecule has 0 atom stereocenters. The van der Waals surface area contributed by atoms with Gasteiger partial charge in [-0.3, -0.25) is 14.9 Å². The molecule has 1 aromatic heterocycles. The number of aromatic nitrogens is 3. The molecule has 3 N–H and O–H groups in total. The molecule has 0 spiro atoms. The van der Waals surface area contributed by atoms with Gasteiger partial charge in [-0.25, -0.2) is 4.68 Å². The Morgan fingerprint density at radius 1 is 1.52 bits per heavy atom. The Balaban J connectivity index is 2.10. The first kappa shape index (κ1) is 14.9. The number of carbonyl (C=O) groups is 1. The SMILES string of the molecule is NCc1cn(CC(=O)Nc2ccc(Cl)cc2[N+](=O)[O-])nn1. The number of hydrogen-bond donors (Lipinski definition) is 2. The molecule has 1 aromatic carbocycles. The van der Waals surface area contributed by atoms with E-state index in [0.717, 1.165) is 0 Å². The largest absolute Gasteiger partial charge is 0.325 e. The lowest BCUT2D eigenvalue weighted by Crippen LogP contribution is -2.19. The molecule has 0 aliphatic heterocycles. The highest BCUT2D eigenvalue weighted by molar-refractivity contribution is 6.31. The van der Waals surface area contributed by atoms with Crippen LogP contribution in [0.4, 0.5) is 11.4 Å². The average molecular weight is 311 g/mol. The number of hydrogen-bond acceptors (Lipinski definition) is 6. The predicted octanol–water partition coefficient (Wildman–Crippen LogP) is 0.937. The van der Waals surface area contributed by atoms with Gasteiger partial charge in [-0.15, -0.1) is 5.10 Å². The van der Waals surface area contributed by atoms with E-state index in [9.17, 15) is 14.9 Å². The van der Waals surface area contributed by atoms with Gasteiger partial charge in [-0.2, -0.15) is 0 Å². The highest BCUT2D eigenvalue weighted by atomic mass is 35.5. The summed E-state index contributed by atoms with van der Waals surface area (Å²) in [5.74, 6) is -0.478. The second-order valence-corrected chi connectivity index (χ2v) is 4.51. The van der Waals surface area contributed by atoms with Gasteiger partial charge in [0.25, 0.3) is 5.69 Å². The maximum absolute atomic E-state index is 11.9. The Morgan fingerprint density at radius 2 is 2.29 bits per heavy atom. The van der Waals surface area contributed by atoms with Crippen LogP contribution in [-0.4, -0.2) is 25.8 Å². The second kappa shape index (κ2) is 6.29. The fraction of sp³-hybridized carbons (Fsp3) is 0.182. The summed E-state index contributed by atoms with van der Waals surface area (Å²) in [5.41, 5.74) is 5.71. The molecule has 0 fully saturated rings.